The minimum atomic E-state index is -0.103. The van der Waals surface area contributed by atoms with Crippen molar-refractivity contribution in [1.82, 2.24) is 9.97 Å². The van der Waals surface area contributed by atoms with Crippen LogP contribution in [0.2, 0.25) is 0 Å². The van der Waals surface area contributed by atoms with Crippen LogP contribution in [0.3, 0.4) is 0 Å². The summed E-state index contributed by atoms with van der Waals surface area (Å²) in [4.78, 5) is 27.8. The first kappa shape index (κ1) is 20.1. The van der Waals surface area contributed by atoms with Crippen LogP contribution in [0.25, 0.3) is 17.1 Å². The maximum atomic E-state index is 13.4. The third-order valence-corrected chi connectivity index (χ3v) is 6.13. The predicted molar refractivity (Wildman–Crippen MR) is 130 cm³/mol. The number of thioether (sulfide) groups is 1. The number of nitrogens with zero attached hydrogens (tertiary/aromatic N) is 3. The number of ether oxygens (including phenoxy) is 1. The van der Waals surface area contributed by atoms with Crippen LogP contribution in [0, 0.1) is 0 Å². The summed E-state index contributed by atoms with van der Waals surface area (Å²) >= 11 is 1.38. The number of carbonyl (C=O) groups excluding carboxylic acids is 1. The Hall–Kier alpha value is -3.84. The molecule has 6 nitrogen and oxygen atoms in total. The van der Waals surface area contributed by atoms with E-state index >= 15 is 0 Å². The van der Waals surface area contributed by atoms with Gasteiger partial charge in [0.05, 0.1) is 41.6 Å². The zero-order valence-corrected chi connectivity index (χ0v) is 18.2. The summed E-state index contributed by atoms with van der Waals surface area (Å²) in [5, 5.41) is 0.649. The summed E-state index contributed by atoms with van der Waals surface area (Å²) < 4.78 is 5.26. The molecule has 1 amide bonds. The molecule has 0 unspecified atom stereocenters. The van der Waals surface area contributed by atoms with Crippen LogP contribution in [-0.4, -0.2) is 28.2 Å². The van der Waals surface area contributed by atoms with E-state index in [1.807, 2.05) is 78.9 Å². The van der Waals surface area contributed by atoms with Gasteiger partial charge in [0.15, 0.2) is 5.17 Å². The van der Waals surface area contributed by atoms with Gasteiger partial charge in [-0.1, -0.05) is 36.4 Å². The number of carbonyl (C=O) groups is 1. The fraction of sp³-hybridized carbons (Fsp3) is 0.0800. The molecule has 0 aliphatic carbocycles. The molecule has 1 fully saturated rings. The lowest BCUT2D eigenvalue weighted by atomic mass is 10.2. The molecule has 1 aliphatic heterocycles. The van der Waals surface area contributed by atoms with E-state index in [2.05, 4.69) is 9.97 Å². The van der Waals surface area contributed by atoms with E-state index < -0.39 is 0 Å². The molecule has 1 aliphatic rings. The molecule has 0 bridgehead atoms. The highest BCUT2D eigenvalue weighted by molar-refractivity contribution is 8.19. The highest BCUT2D eigenvalue weighted by Gasteiger charge is 2.34. The van der Waals surface area contributed by atoms with Gasteiger partial charge in [0.2, 0.25) is 0 Å². The minimum absolute atomic E-state index is 0.103. The number of methoxy groups -OCH3 is 1. The second kappa shape index (κ2) is 8.72. The second-order valence-electron chi connectivity index (χ2n) is 7.21. The summed E-state index contributed by atoms with van der Waals surface area (Å²) in [7, 11) is 1.62. The van der Waals surface area contributed by atoms with Crippen LogP contribution in [0.15, 0.2) is 89.0 Å². The Bertz CT molecular complexity index is 1330. The Kier molecular flexibility index (Phi) is 5.47. The molecule has 5 rings (SSSR count). The van der Waals surface area contributed by atoms with E-state index in [9.17, 15) is 4.79 Å². The number of amides is 1. The Labute approximate surface area is 189 Å². The fourth-order valence-electron chi connectivity index (χ4n) is 3.47. The molecule has 158 valence electrons. The molecule has 1 saturated heterocycles. The third-order valence-electron chi connectivity index (χ3n) is 5.12. The molecule has 0 atom stereocenters. The van der Waals surface area contributed by atoms with Crippen molar-refractivity contribution < 1.29 is 9.53 Å². The molecule has 7 heteroatoms. The number of amidine groups is 1. The van der Waals surface area contributed by atoms with Crippen molar-refractivity contribution in [2.75, 3.05) is 12.0 Å². The number of hydrogen-bond donors (Lipinski definition) is 1. The first-order chi connectivity index (χ1) is 15.7. The fourth-order valence-corrected chi connectivity index (χ4v) is 4.45. The zero-order valence-electron chi connectivity index (χ0n) is 17.4. The lowest BCUT2D eigenvalue weighted by molar-refractivity contribution is -0.113. The van der Waals surface area contributed by atoms with Crippen LogP contribution in [0.1, 0.15) is 11.1 Å². The van der Waals surface area contributed by atoms with Crippen molar-refractivity contribution >= 4 is 45.6 Å². The van der Waals surface area contributed by atoms with E-state index in [4.69, 9.17) is 9.73 Å². The van der Waals surface area contributed by atoms with Gasteiger partial charge in [-0.3, -0.25) is 14.7 Å². The summed E-state index contributed by atoms with van der Waals surface area (Å²) in [5.41, 5.74) is 4.58. The van der Waals surface area contributed by atoms with E-state index in [1.165, 1.54) is 11.8 Å². The number of fused-ring (bicyclic) bond motifs is 1. The first-order valence-electron chi connectivity index (χ1n) is 10.1. The van der Waals surface area contributed by atoms with Crippen molar-refractivity contribution in [3.8, 4) is 5.75 Å². The highest BCUT2D eigenvalue weighted by Crippen LogP contribution is 2.37. The van der Waals surface area contributed by atoms with Gasteiger partial charge >= 0.3 is 0 Å². The number of imidazole rings is 1. The summed E-state index contributed by atoms with van der Waals surface area (Å²) in [6.45, 7) is 0.496. The third kappa shape index (κ3) is 4.02. The minimum Gasteiger partial charge on any atom is -0.497 e. The maximum absolute atomic E-state index is 13.4. The number of aliphatic imine (C=N–C) groups is 1. The van der Waals surface area contributed by atoms with Gasteiger partial charge in [-0.2, -0.15) is 0 Å². The van der Waals surface area contributed by atoms with E-state index in [1.54, 1.807) is 18.3 Å². The monoisotopic (exact) mass is 440 g/mol. The predicted octanol–water partition coefficient (Wildman–Crippen LogP) is 5.25. The number of hydrogen-bond acceptors (Lipinski definition) is 5. The first-order valence-corrected chi connectivity index (χ1v) is 10.9. The Balaban J connectivity index is 1.51. The second-order valence-corrected chi connectivity index (χ2v) is 8.22. The van der Waals surface area contributed by atoms with Crippen molar-refractivity contribution in [1.29, 1.82) is 0 Å². The zero-order chi connectivity index (χ0) is 21.9. The number of nitrogens with one attached hydrogen (secondary N) is 1. The number of H-pyrrole nitrogens is 1. The number of aromatic amines is 1. The molecule has 32 heavy (non-hydrogen) atoms. The topological polar surface area (TPSA) is 70.6 Å². The number of aromatic nitrogens is 2. The van der Waals surface area contributed by atoms with Crippen LogP contribution < -0.4 is 9.64 Å². The Morgan fingerprint density at radius 3 is 2.69 bits per heavy atom. The van der Waals surface area contributed by atoms with Crippen LogP contribution in [0.4, 0.5) is 5.69 Å². The molecule has 3 aromatic carbocycles. The lowest BCUT2D eigenvalue weighted by Crippen LogP contribution is -2.28. The molecule has 4 aromatic rings. The number of anilines is 1. The number of rotatable bonds is 5. The van der Waals surface area contributed by atoms with E-state index in [0.717, 1.165) is 33.6 Å². The van der Waals surface area contributed by atoms with Crippen molar-refractivity contribution in [2.24, 2.45) is 4.99 Å². The molecule has 0 saturated carbocycles. The van der Waals surface area contributed by atoms with Crippen molar-refractivity contribution in [3.05, 3.63) is 95.2 Å². The molecule has 1 N–H and O–H groups in total. The van der Waals surface area contributed by atoms with Crippen molar-refractivity contribution in [2.45, 2.75) is 6.54 Å². The SMILES string of the molecule is COc1ccc(N2C(=O)/C(=C/c3ccc4[nH]cnc4c3)S/C2=N\Cc2ccccc2)cc1. The lowest BCUT2D eigenvalue weighted by Gasteiger charge is -2.16. The van der Waals surface area contributed by atoms with Gasteiger partial charge < -0.3 is 9.72 Å². The van der Waals surface area contributed by atoms with Gasteiger partial charge in [-0.15, -0.1) is 0 Å². The number of benzene rings is 3. The highest BCUT2D eigenvalue weighted by atomic mass is 32.2. The summed E-state index contributed by atoms with van der Waals surface area (Å²) in [6.07, 6.45) is 3.56. The Morgan fingerprint density at radius 1 is 1.09 bits per heavy atom. The summed E-state index contributed by atoms with van der Waals surface area (Å²) in [6, 6.07) is 23.3. The molecule has 1 aromatic heterocycles. The summed E-state index contributed by atoms with van der Waals surface area (Å²) in [5.74, 6) is 0.632. The Morgan fingerprint density at radius 2 is 1.91 bits per heavy atom. The van der Waals surface area contributed by atoms with E-state index in [0.29, 0.717) is 16.6 Å². The van der Waals surface area contributed by atoms with E-state index in [-0.39, 0.29) is 5.91 Å². The van der Waals surface area contributed by atoms with Crippen LogP contribution >= 0.6 is 11.8 Å². The molecular weight excluding hydrogens is 420 g/mol. The van der Waals surface area contributed by atoms with Gasteiger partial charge in [-0.05, 0) is 65.4 Å². The largest absolute Gasteiger partial charge is 0.497 e. The van der Waals surface area contributed by atoms with Gasteiger partial charge in [-0.25, -0.2) is 4.98 Å². The average Bonchev–Trinajstić information content (AvgIpc) is 3.42. The van der Waals surface area contributed by atoms with Gasteiger partial charge in [0.25, 0.3) is 5.91 Å². The van der Waals surface area contributed by atoms with Gasteiger partial charge in [0.1, 0.15) is 5.75 Å². The smallest absolute Gasteiger partial charge is 0.271 e. The molecule has 2 heterocycles. The van der Waals surface area contributed by atoms with Crippen LogP contribution in [0.5, 0.6) is 5.75 Å². The van der Waals surface area contributed by atoms with Crippen molar-refractivity contribution in [3.63, 3.8) is 0 Å². The standard InChI is InChI=1S/C25H20N4O2S/c1-31-20-10-8-19(9-11-20)29-24(30)23(14-18-7-12-21-22(13-18)28-16-27-21)32-25(29)26-15-17-5-3-2-4-6-17/h2-14,16H,15H2,1H3,(H,27,28)/b23-14-,26-25-. The average molecular weight is 441 g/mol. The maximum Gasteiger partial charge on any atom is 0.271 e. The molecule has 0 radical (unpaired) electrons. The van der Waals surface area contributed by atoms with Crippen LogP contribution in [-0.2, 0) is 11.3 Å². The normalized spacial score (nSPS) is 16.4. The molecular formula is C25H20N4O2S. The quantitative estimate of drug-likeness (QED) is 0.431. The molecule has 0 spiro atoms. The van der Waals surface area contributed by atoms with Gasteiger partial charge in [0, 0.05) is 0 Å².